The Labute approximate surface area is 187 Å². The summed E-state index contributed by atoms with van der Waals surface area (Å²) in [7, 11) is 0. The van der Waals surface area contributed by atoms with Crippen LogP contribution < -0.4 is 5.32 Å². The van der Waals surface area contributed by atoms with E-state index in [0.29, 0.717) is 36.8 Å². The highest BCUT2D eigenvalue weighted by Crippen LogP contribution is 2.24. The lowest BCUT2D eigenvalue weighted by atomic mass is 9.95. The molecule has 1 aliphatic heterocycles. The predicted molar refractivity (Wildman–Crippen MR) is 124 cm³/mol. The average molecular weight is 433 g/mol. The number of ketones is 1. The van der Waals surface area contributed by atoms with Gasteiger partial charge >= 0.3 is 0 Å². The third-order valence-electron chi connectivity index (χ3n) is 5.44. The molecule has 0 aliphatic carbocycles. The van der Waals surface area contributed by atoms with E-state index in [9.17, 15) is 4.79 Å². The van der Waals surface area contributed by atoms with Gasteiger partial charge in [0, 0.05) is 36.7 Å². The molecule has 1 unspecified atom stereocenters. The maximum atomic E-state index is 12.8. The fourth-order valence-electron chi connectivity index (χ4n) is 3.63. The van der Waals surface area contributed by atoms with Gasteiger partial charge in [-0.25, -0.2) is 0 Å². The smallest absolute Gasteiger partial charge is 0.248 e. The SMILES string of the molecule is CCN=C(Nc1n[nH]c(C(C)c2cccc(C(=O)c3ccccc3)c2)n1)N1CCOCC1. The van der Waals surface area contributed by atoms with Crippen LogP contribution in [0.1, 0.15) is 47.1 Å². The van der Waals surface area contributed by atoms with Crippen molar-refractivity contribution in [1.29, 1.82) is 0 Å². The minimum absolute atomic E-state index is 0.00510. The second-order valence-corrected chi connectivity index (χ2v) is 7.61. The van der Waals surface area contributed by atoms with Crippen LogP contribution in [0.4, 0.5) is 5.95 Å². The Morgan fingerprint density at radius 1 is 1.16 bits per heavy atom. The van der Waals surface area contributed by atoms with Gasteiger partial charge in [-0.2, -0.15) is 4.98 Å². The molecule has 0 radical (unpaired) electrons. The first-order valence-electron chi connectivity index (χ1n) is 10.9. The Kier molecular flexibility index (Phi) is 6.91. The van der Waals surface area contributed by atoms with Crippen molar-refractivity contribution in [3.63, 3.8) is 0 Å². The number of carbonyl (C=O) groups excluding carboxylic acids is 1. The molecule has 1 fully saturated rings. The summed E-state index contributed by atoms with van der Waals surface area (Å²) in [5.41, 5.74) is 2.32. The standard InChI is InChI=1S/C24H28N6O2/c1-3-25-24(30-12-14-32-15-13-30)27-23-26-22(28-29-23)17(2)19-10-7-11-20(16-19)21(31)18-8-5-4-6-9-18/h4-11,16-17H,3,12-15H2,1-2H3,(H2,25,26,27,28,29). The summed E-state index contributed by atoms with van der Waals surface area (Å²) in [6, 6.07) is 17.0. The molecule has 4 rings (SSSR count). The van der Waals surface area contributed by atoms with E-state index in [2.05, 4.69) is 30.4 Å². The minimum Gasteiger partial charge on any atom is -0.378 e. The zero-order chi connectivity index (χ0) is 22.3. The number of aliphatic imine (C=N–C) groups is 1. The van der Waals surface area contributed by atoms with Crippen LogP contribution >= 0.6 is 0 Å². The van der Waals surface area contributed by atoms with Crippen LogP contribution in [0.3, 0.4) is 0 Å². The van der Waals surface area contributed by atoms with Gasteiger partial charge in [0.15, 0.2) is 5.78 Å². The van der Waals surface area contributed by atoms with E-state index in [0.717, 1.165) is 30.4 Å². The van der Waals surface area contributed by atoms with Gasteiger partial charge in [-0.1, -0.05) is 55.5 Å². The predicted octanol–water partition coefficient (Wildman–Crippen LogP) is 3.31. The highest BCUT2D eigenvalue weighted by atomic mass is 16.5. The quantitative estimate of drug-likeness (QED) is 0.353. The van der Waals surface area contributed by atoms with E-state index in [-0.39, 0.29) is 11.7 Å². The molecule has 3 aromatic rings. The molecule has 1 aliphatic rings. The monoisotopic (exact) mass is 432 g/mol. The lowest BCUT2D eigenvalue weighted by Gasteiger charge is -2.29. The highest BCUT2D eigenvalue weighted by molar-refractivity contribution is 6.09. The molecule has 0 bridgehead atoms. The number of nitrogens with zero attached hydrogens (tertiary/aromatic N) is 4. The molecule has 32 heavy (non-hydrogen) atoms. The van der Waals surface area contributed by atoms with E-state index < -0.39 is 0 Å². The fraction of sp³-hybridized carbons (Fsp3) is 0.333. The van der Waals surface area contributed by atoms with Gasteiger partial charge in [0.05, 0.1) is 13.2 Å². The normalized spacial score (nSPS) is 15.4. The Balaban J connectivity index is 1.49. The lowest BCUT2D eigenvalue weighted by Crippen LogP contribution is -2.44. The third-order valence-corrected chi connectivity index (χ3v) is 5.44. The Bertz CT molecular complexity index is 1070. The van der Waals surface area contributed by atoms with Crippen LogP contribution in [-0.2, 0) is 4.74 Å². The maximum Gasteiger partial charge on any atom is 0.248 e. The molecule has 0 saturated carbocycles. The van der Waals surface area contributed by atoms with Gasteiger partial charge in [-0.3, -0.25) is 20.2 Å². The van der Waals surface area contributed by atoms with Gasteiger partial charge in [0.1, 0.15) is 5.82 Å². The number of carbonyl (C=O) groups is 1. The van der Waals surface area contributed by atoms with Crippen molar-refractivity contribution in [2.75, 3.05) is 38.2 Å². The van der Waals surface area contributed by atoms with Crippen LogP contribution in [0.15, 0.2) is 59.6 Å². The Morgan fingerprint density at radius 3 is 2.66 bits per heavy atom. The number of aromatic nitrogens is 3. The van der Waals surface area contributed by atoms with Crippen LogP contribution in [0.2, 0.25) is 0 Å². The number of H-pyrrole nitrogens is 1. The number of ether oxygens (including phenoxy) is 1. The van der Waals surface area contributed by atoms with Crippen LogP contribution in [0.5, 0.6) is 0 Å². The molecule has 166 valence electrons. The molecule has 8 nitrogen and oxygen atoms in total. The molecule has 2 heterocycles. The van der Waals surface area contributed by atoms with Gasteiger partial charge in [0.25, 0.3) is 0 Å². The minimum atomic E-state index is -0.0588. The summed E-state index contributed by atoms with van der Waals surface area (Å²) in [6.07, 6.45) is 0. The first-order valence-corrected chi connectivity index (χ1v) is 10.9. The second-order valence-electron chi connectivity index (χ2n) is 7.61. The Hall–Kier alpha value is -3.52. The van der Waals surface area contributed by atoms with Crippen molar-refractivity contribution in [3.8, 4) is 0 Å². The fourth-order valence-corrected chi connectivity index (χ4v) is 3.63. The van der Waals surface area contributed by atoms with Crippen LogP contribution in [-0.4, -0.2) is 64.7 Å². The van der Waals surface area contributed by atoms with Crippen molar-refractivity contribution in [1.82, 2.24) is 20.1 Å². The number of anilines is 1. The number of benzene rings is 2. The van der Waals surface area contributed by atoms with Crippen molar-refractivity contribution in [2.24, 2.45) is 4.99 Å². The zero-order valence-electron chi connectivity index (χ0n) is 18.4. The molecular formula is C24H28N6O2. The number of aromatic amines is 1. The summed E-state index contributed by atoms with van der Waals surface area (Å²) in [5.74, 6) is 1.89. The summed E-state index contributed by atoms with van der Waals surface area (Å²) >= 11 is 0. The van der Waals surface area contributed by atoms with Crippen molar-refractivity contribution < 1.29 is 9.53 Å². The maximum absolute atomic E-state index is 12.8. The molecule has 2 N–H and O–H groups in total. The summed E-state index contributed by atoms with van der Waals surface area (Å²) in [4.78, 5) is 24.2. The van der Waals surface area contributed by atoms with E-state index in [4.69, 9.17) is 4.74 Å². The third kappa shape index (κ3) is 5.03. The largest absolute Gasteiger partial charge is 0.378 e. The number of hydrogen-bond acceptors (Lipinski definition) is 5. The van der Waals surface area contributed by atoms with Crippen LogP contribution in [0, 0.1) is 0 Å². The molecule has 2 aromatic carbocycles. The molecule has 1 aromatic heterocycles. The summed E-state index contributed by atoms with van der Waals surface area (Å²) in [6.45, 7) is 7.62. The van der Waals surface area contributed by atoms with Gasteiger partial charge in [-0.15, -0.1) is 5.10 Å². The topological polar surface area (TPSA) is 95.5 Å². The van der Waals surface area contributed by atoms with Crippen molar-refractivity contribution in [2.45, 2.75) is 19.8 Å². The number of guanidine groups is 1. The Morgan fingerprint density at radius 2 is 1.91 bits per heavy atom. The van der Waals surface area contributed by atoms with Crippen molar-refractivity contribution in [3.05, 3.63) is 77.1 Å². The zero-order valence-corrected chi connectivity index (χ0v) is 18.4. The summed E-state index contributed by atoms with van der Waals surface area (Å²) in [5, 5.41) is 10.6. The van der Waals surface area contributed by atoms with Crippen molar-refractivity contribution >= 4 is 17.7 Å². The van der Waals surface area contributed by atoms with E-state index in [1.54, 1.807) is 0 Å². The van der Waals surface area contributed by atoms with Gasteiger partial charge in [-0.05, 0) is 18.6 Å². The number of hydrogen-bond donors (Lipinski definition) is 2. The van der Waals surface area contributed by atoms with Crippen LogP contribution in [0.25, 0.3) is 0 Å². The molecule has 8 heteroatoms. The van der Waals surface area contributed by atoms with Gasteiger partial charge in [0.2, 0.25) is 11.9 Å². The number of rotatable bonds is 6. The van der Waals surface area contributed by atoms with E-state index >= 15 is 0 Å². The second kappa shape index (κ2) is 10.2. The first-order chi connectivity index (χ1) is 15.7. The molecule has 1 atom stereocenters. The first kappa shape index (κ1) is 21.7. The molecule has 1 saturated heterocycles. The van der Waals surface area contributed by atoms with Gasteiger partial charge < -0.3 is 9.64 Å². The number of nitrogens with one attached hydrogen (secondary N) is 2. The average Bonchev–Trinajstić information content (AvgIpc) is 3.32. The molecule has 0 amide bonds. The number of morpholine rings is 1. The lowest BCUT2D eigenvalue weighted by molar-refractivity contribution is 0.0679. The highest BCUT2D eigenvalue weighted by Gasteiger charge is 2.19. The molecule has 0 spiro atoms. The van der Waals surface area contributed by atoms with E-state index in [1.165, 1.54) is 0 Å². The van der Waals surface area contributed by atoms with E-state index in [1.807, 2.05) is 68.4 Å². The molecular weight excluding hydrogens is 404 g/mol. The summed E-state index contributed by atoms with van der Waals surface area (Å²) < 4.78 is 5.43.